The number of aliphatic hydroxyl groups is 3. The van der Waals surface area contributed by atoms with E-state index in [2.05, 4.69) is 0 Å². The first-order chi connectivity index (χ1) is 26.2. The number of ether oxygens (including phenoxy) is 4. The monoisotopic (exact) mass is 778 g/mol. The molecule has 56 heavy (non-hydrogen) atoms. The SMILES string of the molecule is Cc1cc(O)c2c(c1C)/C=C/C[C@H](O)[C@H](O)C(=O)/C=C\[C@@H](C)[C@H](C)OC2=O.Cc1ccc(F)c2c1C(=O)O[C@@H](C)[C@H](C)/C=C\C(O)[C@H]1OC(C)(C)O[C@H]1CC=C2. The van der Waals surface area contributed by atoms with E-state index >= 15 is 0 Å². The van der Waals surface area contributed by atoms with Crippen molar-refractivity contribution in [2.45, 2.75) is 124 Å². The van der Waals surface area contributed by atoms with Gasteiger partial charge in [-0.2, -0.15) is 0 Å². The molecular weight excluding hydrogens is 723 g/mol. The summed E-state index contributed by atoms with van der Waals surface area (Å²) in [7, 11) is 0. The molecular formula is C44H55FO11. The number of cyclic esters (lactones) is 2. The van der Waals surface area contributed by atoms with Crippen LogP contribution in [0.3, 0.4) is 0 Å². The Balaban J connectivity index is 0.000000249. The molecule has 1 unspecified atom stereocenters. The second-order valence-electron chi connectivity index (χ2n) is 15.3. The molecule has 1 saturated heterocycles. The van der Waals surface area contributed by atoms with Crippen molar-refractivity contribution in [1.29, 1.82) is 0 Å². The van der Waals surface area contributed by atoms with E-state index in [0.717, 1.165) is 11.1 Å². The van der Waals surface area contributed by atoms with Gasteiger partial charge in [0.15, 0.2) is 11.6 Å². The number of aromatic hydroxyl groups is 1. The summed E-state index contributed by atoms with van der Waals surface area (Å²) in [5.41, 5.74) is 3.19. The average Bonchev–Trinajstić information content (AvgIpc) is 3.45. The highest BCUT2D eigenvalue weighted by atomic mass is 19.1. The zero-order valence-corrected chi connectivity index (χ0v) is 33.5. The van der Waals surface area contributed by atoms with E-state index in [9.17, 15) is 39.2 Å². The summed E-state index contributed by atoms with van der Waals surface area (Å²) in [6.45, 7) is 16.1. The fourth-order valence-corrected chi connectivity index (χ4v) is 6.51. The van der Waals surface area contributed by atoms with Gasteiger partial charge in [-0.15, -0.1) is 0 Å². The number of ketones is 1. The maximum Gasteiger partial charge on any atom is 0.342 e. The number of aliphatic hydroxyl groups excluding tert-OH is 3. The van der Waals surface area contributed by atoms with Crippen molar-refractivity contribution in [2.75, 3.05) is 0 Å². The normalized spacial score (nSPS) is 31.4. The van der Waals surface area contributed by atoms with Crippen LogP contribution in [0, 0.1) is 38.4 Å². The second-order valence-corrected chi connectivity index (χ2v) is 15.3. The number of phenols is 1. The molecule has 4 N–H and O–H groups in total. The maximum absolute atomic E-state index is 14.6. The Morgan fingerprint density at radius 3 is 1.98 bits per heavy atom. The van der Waals surface area contributed by atoms with E-state index < -0.39 is 72.1 Å². The minimum absolute atomic E-state index is 0.00926. The molecule has 0 bridgehead atoms. The van der Waals surface area contributed by atoms with E-state index in [1.807, 2.05) is 20.8 Å². The predicted octanol–water partition coefficient (Wildman–Crippen LogP) is 6.62. The fraction of sp³-hybridized carbons (Fsp3) is 0.477. The van der Waals surface area contributed by atoms with E-state index in [0.29, 0.717) is 17.5 Å². The lowest BCUT2D eigenvalue weighted by molar-refractivity contribution is -0.152. The zero-order chi connectivity index (χ0) is 41.6. The number of benzene rings is 2. The maximum atomic E-state index is 14.6. The molecule has 3 aliphatic heterocycles. The van der Waals surface area contributed by atoms with Crippen molar-refractivity contribution < 1.29 is 58.1 Å². The van der Waals surface area contributed by atoms with Gasteiger partial charge in [0.1, 0.15) is 47.7 Å². The molecule has 11 nitrogen and oxygen atoms in total. The van der Waals surface area contributed by atoms with Gasteiger partial charge < -0.3 is 39.4 Å². The highest BCUT2D eigenvalue weighted by molar-refractivity contribution is 5.98. The summed E-state index contributed by atoms with van der Waals surface area (Å²) in [6, 6.07) is 4.43. The molecule has 0 radical (unpaired) electrons. The van der Waals surface area contributed by atoms with Gasteiger partial charge in [-0.05, 0) is 102 Å². The topological polar surface area (TPSA) is 169 Å². The number of carbonyl (C=O) groups is 3. The Morgan fingerprint density at radius 1 is 0.732 bits per heavy atom. The number of esters is 2. The van der Waals surface area contributed by atoms with Crippen molar-refractivity contribution in [2.24, 2.45) is 11.8 Å². The summed E-state index contributed by atoms with van der Waals surface area (Å²) in [5.74, 6) is -3.80. The lowest BCUT2D eigenvalue weighted by atomic mass is 9.94. The van der Waals surface area contributed by atoms with Gasteiger partial charge in [-0.1, -0.05) is 62.4 Å². The second kappa shape index (κ2) is 18.7. The first-order valence-electron chi connectivity index (χ1n) is 18.9. The molecule has 3 heterocycles. The first-order valence-corrected chi connectivity index (χ1v) is 18.9. The Hall–Kier alpha value is -4.46. The molecule has 2 aromatic carbocycles. The summed E-state index contributed by atoms with van der Waals surface area (Å²) in [5, 5.41) is 41.0. The van der Waals surface area contributed by atoms with Crippen molar-refractivity contribution in [3.63, 3.8) is 0 Å². The number of hydrogen-bond donors (Lipinski definition) is 4. The van der Waals surface area contributed by atoms with E-state index in [4.69, 9.17) is 18.9 Å². The summed E-state index contributed by atoms with van der Waals surface area (Å²) >= 11 is 0. The Kier molecular flexibility index (Phi) is 14.7. The number of phenolic OH excluding ortho intramolecular Hbond substituents is 1. The Bertz CT molecular complexity index is 1890. The van der Waals surface area contributed by atoms with Crippen LogP contribution in [0.4, 0.5) is 4.39 Å². The van der Waals surface area contributed by atoms with Crippen LogP contribution in [0.5, 0.6) is 5.75 Å². The average molecular weight is 779 g/mol. The third kappa shape index (κ3) is 10.7. The minimum atomic E-state index is -1.54. The van der Waals surface area contributed by atoms with Gasteiger partial charge in [0.25, 0.3) is 0 Å². The molecule has 0 aliphatic carbocycles. The van der Waals surface area contributed by atoms with Crippen molar-refractivity contribution in [3.05, 3.63) is 99.4 Å². The Morgan fingerprint density at radius 2 is 1.32 bits per heavy atom. The summed E-state index contributed by atoms with van der Waals surface area (Å²) in [6.07, 6.45) is 7.38. The number of halogens is 1. The van der Waals surface area contributed by atoms with E-state index in [-0.39, 0.29) is 40.7 Å². The van der Waals surface area contributed by atoms with Crippen LogP contribution in [0.2, 0.25) is 0 Å². The van der Waals surface area contributed by atoms with Crippen LogP contribution >= 0.6 is 0 Å². The molecule has 0 amide bonds. The molecule has 2 aromatic rings. The molecule has 1 fully saturated rings. The quantitative estimate of drug-likeness (QED) is 0.168. The van der Waals surface area contributed by atoms with Crippen molar-refractivity contribution >= 4 is 29.9 Å². The lowest BCUT2D eigenvalue weighted by Gasteiger charge is -2.22. The lowest BCUT2D eigenvalue weighted by Crippen LogP contribution is -2.34. The predicted molar refractivity (Wildman–Crippen MR) is 209 cm³/mol. The number of rotatable bonds is 0. The fourth-order valence-electron chi connectivity index (χ4n) is 6.51. The molecule has 9 atom stereocenters. The highest BCUT2D eigenvalue weighted by Gasteiger charge is 2.43. The summed E-state index contributed by atoms with van der Waals surface area (Å²) < 4.78 is 37.5. The van der Waals surface area contributed by atoms with Crippen LogP contribution in [0.1, 0.15) is 103 Å². The number of hydrogen-bond acceptors (Lipinski definition) is 11. The van der Waals surface area contributed by atoms with Crippen molar-refractivity contribution in [3.8, 4) is 5.75 Å². The number of fused-ring (bicyclic) bond motifs is 3. The molecule has 5 rings (SSSR count). The van der Waals surface area contributed by atoms with Gasteiger partial charge in [-0.3, -0.25) is 4.79 Å². The molecule has 0 saturated carbocycles. The van der Waals surface area contributed by atoms with Crippen molar-refractivity contribution in [1.82, 2.24) is 0 Å². The first kappa shape index (κ1) is 44.3. The van der Waals surface area contributed by atoms with Gasteiger partial charge in [0.2, 0.25) is 0 Å². The van der Waals surface area contributed by atoms with E-state index in [1.54, 1.807) is 84.1 Å². The van der Waals surface area contributed by atoms with Crippen LogP contribution < -0.4 is 0 Å². The smallest absolute Gasteiger partial charge is 0.342 e. The van der Waals surface area contributed by atoms with Gasteiger partial charge in [0.05, 0.1) is 17.8 Å². The molecule has 3 aliphatic rings. The standard InChI is InChI=1S/C23H29FO5.C21H26O6/c1-13-10-12-18(25)21-19(28-23(4,5)29-21)8-6-7-16-17(24)11-9-14(2)20(16)22(26)27-15(13)3;1-11-8-9-17(23)20(25)16(22)7-5-6-15-13(3)12(2)10-18(24)19(15)21(26)27-14(11)4/h6-7,9-13,15,18-19,21,25H,8H2,1-5H3;5-6,8-11,14,16,20,22,24-25H,7H2,1-4H3/b7-6?,12-10-;6-5+,9-8-/t13-,15+,18?,19+,21-;11-,14+,16+,20+/m11/s1. The third-order valence-corrected chi connectivity index (χ3v) is 10.5. The number of carbonyl (C=O) groups excluding carboxylic acids is 3. The largest absolute Gasteiger partial charge is 0.507 e. The third-order valence-electron chi connectivity index (χ3n) is 10.5. The molecule has 304 valence electrons. The van der Waals surface area contributed by atoms with Gasteiger partial charge >= 0.3 is 11.9 Å². The molecule has 0 spiro atoms. The minimum Gasteiger partial charge on any atom is -0.507 e. The van der Waals surface area contributed by atoms with Crippen LogP contribution in [-0.4, -0.2) is 86.7 Å². The molecule has 0 aromatic heterocycles. The van der Waals surface area contributed by atoms with Crippen LogP contribution in [-0.2, 0) is 23.7 Å². The van der Waals surface area contributed by atoms with Gasteiger partial charge in [-0.25, -0.2) is 14.0 Å². The zero-order valence-electron chi connectivity index (χ0n) is 33.5. The van der Waals surface area contributed by atoms with Gasteiger partial charge in [0, 0.05) is 17.4 Å². The highest BCUT2D eigenvalue weighted by Crippen LogP contribution is 2.34. The Labute approximate surface area is 328 Å². The number of aryl methyl sites for hydroxylation is 2. The van der Waals surface area contributed by atoms with Crippen LogP contribution in [0.25, 0.3) is 12.2 Å². The van der Waals surface area contributed by atoms with Crippen LogP contribution in [0.15, 0.2) is 54.7 Å². The van der Waals surface area contributed by atoms with E-state index in [1.165, 1.54) is 24.3 Å². The summed E-state index contributed by atoms with van der Waals surface area (Å²) in [4.78, 5) is 37.5. The molecule has 12 heteroatoms.